The summed E-state index contributed by atoms with van der Waals surface area (Å²) in [6, 6.07) is 9.75. The SMILES string of the molecule is CN(C)[C@@H]1CCN(c2nc(C3=C(c4c[nH]c5sccc45)C(=O)NC3=O)c3ccccc3n2)C[C@H]1CO. The van der Waals surface area contributed by atoms with Crippen molar-refractivity contribution < 1.29 is 14.7 Å². The number of hydrogen-bond donors (Lipinski definition) is 3. The van der Waals surface area contributed by atoms with E-state index in [-0.39, 0.29) is 24.1 Å². The third-order valence-corrected chi connectivity index (χ3v) is 8.05. The number of thiophene rings is 1. The molecule has 0 radical (unpaired) electrons. The zero-order valence-corrected chi connectivity index (χ0v) is 20.8. The molecule has 2 aliphatic rings. The van der Waals surface area contributed by atoms with Crippen molar-refractivity contribution in [2.45, 2.75) is 12.5 Å². The number of fused-ring (bicyclic) bond motifs is 2. The number of aliphatic hydroxyl groups excluding tert-OH is 1. The second kappa shape index (κ2) is 8.81. The number of aromatic nitrogens is 3. The topological polar surface area (TPSA) is 114 Å². The Morgan fingerprint density at radius 1 is 1.11 bits per heavy atom. The molecule has 2 aliphatic heterocycles. The van der Waals surface area contributed by atoms with E-state index in [1.54, 1.807) is 17.5 Å². The highest BCUT2D eigenvalue weighted by molar-refractivity contribution is 7.16. The van der Waals surface area contributed by atoms with E-state index in [1.807, 2.05) is 49.8 Å². The molecule has 2 atom stereocenters. The third kappa shape index (κ3) is 3.60. The van der Waals surface area contributed by atoms with Gasteiger partial charge in [-0.3, -0.25) is 14.9 Å². The Labute approximate surface area is 211 Å². The normalized spacial score (nSPS) is 20.8. The minimum atomic E-state index is -0.464. The molecule has 3 aromatic heterocycles. The maximum absolute atomic E-state index is 13.2. The van der Waals surface area contributed by atoms with Gasteiger partial charge >= 0.3 is 0 Å². The van der Waals surface area contributed by atoms with Crippen molar-refractivity contribution in [3.63, 3.8) is 0 Å². The van der Waals surface area contributed by atoms with Crippen molar-refractivity contribution in [1.82, 2.24) is 25.2 Å². The fourth-order valence-electron chi connectivity index (χ4n) is 5.45. The molecule has 4 aromatic rings. The number of aromatic amines is 1. The molecule has 0 unspecified atom stereocenters. The van der Waals surface area contributed by atoms with Crippen molar-refractivity contribution in [2.24, 2.45) is 5.92 Å². The Bertz CT molecular complexity index is 1540. The smallest absolute Gasteiger partial charge is 0.261 e. The second-order valence-electron chi connectivity index (χ2n) is 9.50. The number of rotatable bonds is 5. The van der Waals surface area contributed by atoms with Crippen LogP contribution in [0.5, 0.6) is 0 Å². The van der Waals surface area contributed by atoms with E-state index in [2.05, 4.69) is 20.1 Å². The zero-order valence-electron chi connectivity index (χ0n) is 20.0. The first-order valence-electron chi connectivity index (χ1n) is 11.9. The molecule has 3 N–H and O–H groups in total. The number of nitrogens with one attached hydrogen (secondary N) is 2. The lowest BCUT2D eigenvalue weighted by atomic mass is 9.92. The van der Waals surface area contributed by atoms with Crippen LogP contribution in [-0.4, -0.2) is 76.6 Å². The Hall–Kier alpha value is -3.60. The summed E-state index contributed by atoms with van der Waals surface area (Å²) in [6.45, 7) is 1.39. The van der Waals surface area contributed by atoms with Gasteiger partial charge in [0.2, 0.25) is 5.95 Å². The average Bonchev–Trinajstić information content (AvgIpc) is 3.57. The molecular weight excluding hydrogens is 476 g/mol. The molecule has 9 nitrogen and oxygen atoms in total. The van der Waals surface area contributed by atoms with E-state index >= 15 is 0 Å². The van der Waals surface area contributed by atoms with Crippen LogP contribution < -0.4 is 10.2 Å². The van der Waals surface area contributed by atoms with E-state index < -0.39 is 11.8 Å². The van der Waals surface area contributed by atoms with Gasteiger partial charge in [0.15, 0.2) is 0 Å². The van der Waals surface area contributed by atoms with Gasteiger partial charge in [0.25, 0.3) is 11.8 Å². The summed E-state index contributed by atoms with van der Waals surface area (Å²) in [7, 11) is 4.06. The number of carbonyl (C=O) groups excluding carboxylic acids is 2. The predicted octanol–water partition coefficient (Wildman–Crippen LogP) is 2.49. The molecule has 1 aromatic carbocycles. The monoisotopic (exact) mass is 502 g/mol. The molecule has 0 saturated carbocycles. The molecule has 0 bridgehead atoms. The molecule has 10 heteroatoms. The number of imide groups is 1. The molecule has 1 fully saturated rings. The Balaban J connectivity index is 1.53. The first-order valence-corrected chi connectivity index (χ1v) is 12.8. The molecule has 5 heterocycles. The first-order chi connectivity index (χ1) is 17.5. The number of H-pyrrole nitrogens is 1. The molecule has 0 spiro atoms. The highest BCUT2D eigenvalue weighted by Gasteiger charge is 2.37. The van der Waals surface area contributed by atoms with Gasteiger partial charge < -0.3 is 19.9 Å². The fraction of sp³-hybridized carbons (Fsp3) is 0.308. The van der Waals surface area contributed by atoms with Crippen molar-refractivity contribution >= 4 is 61.4 Å². The summed E-state index contributed by atoms with van der Waals surface area (Å²) in [6.07, 6.45) is 2.63. The minimum absolute atomic E-state index is 0.0464. The van der Waals surface area contributed by atoms with Crippen LogP contribution >= 0.6 is 11.3 Å². The summed E-state index contributed by atoms with van der Waals surface area (Å²) in [5, 5.41) is 16.1. The number of benzene rings is 1. The van der Waals surface area contributed by atoms with E-state index in [0.29, 0.717) is 40.2 Å². The van der Waals surface area contributed by atoms with Gasteiger partial charge in [-0.15, -0.1) is 11.3 Å². The van der Waals surface area contributed by atoms with Gasteiger partial charge in [0.1, 0.15) is 4.83 Å². The molecule has 2 amide bonds. The minimum Gasteiger partial charge on any atom is -0.396 e. The molecule has 184 valence electrons. The Morgan fingerprint density at radius 2 is 1.92 bits per heavy atom. The lowest BCUT2D eigenvalue weighted by Gasteiger charge is -2.41. The Kier molecular flexibility index (Phi) is 5.59. The van der Waals surface area contributed by atoms with Crippen LogP contribution in [0.25, 0.3) is 32.3 Å². The van der Waals surface area contributed by atoms with Crippen LogP contribution in [0.15, 0.2) is 41.9 Å². The molecule has 1 saturated heterocycles. The summed E-state index contributed by atoms with van der Waals surface area (Å²) >= 11 is 1.54. The maximum Gasteiger partial charge on any atom is 0.261 e. The highest BCUT2D eigenvalue weighted by Crippen LogP contribution is 2.38. The van der Waals surface area contributed by atoms with Gasteiger partial charge in [0, 0.05) is 54.2 Å². The van der Waals surface area contributed by atoms with Crippen LogP contribution in [0.3, 0.4) is 0 Å². The van der Waals surface area contributed by atoms with Gasteiger partial charge in [-0.2, -0.15) is 0 Å². The number of anilines is 1. The summed E-state index contributed by atoms with van der Waals surface area (Å²) in [5.41, 5.74) is 2.39. The van der Waals surface area contributed by atoms with Crippen LogP contribution in [0, 0.1) is 5.92 Å². The average molecular weight is 503 g/mol. The van der Waals surface area contributed by atoms with Crippen molar-refractivity contribution in [3.05, 3.63) is 53.2 Å². The van der Waals surface area contributed by atoms with Crippen LogP contribution in [0.2, 0.25) is 0 Å². The molecule has 6 rings (SSSR count). The van der Waals surface area contributed by atoms with Crippen molar-refractivity contribution in [1.29, 1.82) is 0 Å². The second-order valence-corrected chi connectivity index (χ2v) is 10.4. The first kappa shape index (κ1) is 22.8. The van der Waals surface area contributed by atoms with Gasteiger partial charge in [0.05, 0.1) is 22.4 Å². The number of nitrogens with zero attached hydrogens (tertiary/aromatic N) is 4. The zero-order chi connectivity index (χ0) is 25.0. The van der Waals surface area contributed by atoms with Gasteiger partial charge in [-0.05, 0) is 38.0 Å². The number of piperidine rings is 1. The number of hydrogen-bond acceptors (Lipinski definition) is 8. The summed E-state index contributed by atoms with van der Waals surface area (Å²) in [5.74, 6) is -0.356. The lowest BCUT2D eigenvalue weighted by molar-refractivity contribution is -0.122. The van der Waals surface area contributed by atoms with Crippen LogP contribution in [-0.2, 0) is 9.59 Å². The quantitative estimate of drug-likeness (QED) is 0.359. The molecule has 0 aliphatic carbocycles. The number of amides is 2. The van der Waals surface area contributed by atoms with E-state index in [4.69, 9.17) is 9.97 Å². The van der Waals surface area contributed by atoms with Gasteiger partial charge in [-0.1, -0.05) is 18.2 Å². The maximum atomic E-state index is 13.2. The molecule has 36 heavy (non-hydrogen) atoms. The molecular formula is C26H26N6O3S. The highest BCUT2D eigenvalue weighted by atomic mass is 32.1. The fourth-order valence-corrected chi connectivity index (χ4v) is 6.22. The largest absolute Gasteiger partial charge is 0.396 e. The summed E-state index contributed by atoms with van der Waals surface area (Å²) < 4.78 is 0. The van der Waals surface area contributed by atoms with Gasteiger partial charge in [-0.25, -0.2) is 9.97 Å². The number of para-hydroxylation sites is 1. The van der Waals surface area contributed by atoms with Crippen molar-refractivity contribution in [2.75, 3.05) is 38.7 Å². The summed E-state index contributed by atoms with van der Waals surface area (Å²) in [4.78, 5) is 44.3. The van der Waals surface area contributed by atoms with E-state index in [0.717, 1.165) is 23.2 Å². The lowest BCUT2D eigenvalue weighted by Crippen LogP contribution is -2.50. The predicted molar refractivity (Wildman–Crippen MR) is 141 cm³/mol. The van der Waals surface area contributed by atoms with Crippen LogP contribution in [0.1, 0.15) is 17.7 Å². The number of aliphatic hydroxyl groups is 1. The number of carbonyl (C=O) groups is 2. The van der Waals surface area contributed by atoms with Crippen LogP contribution in [0.4, 0.5) is 5.95 Å². The third-order valence-electron chi connectivity index (χ3n) is 7.21. The van der Waals surface area contributed by atoms with E-state index in [9.17, 15) is 14.7 Å². The standard InChI is InChI=1S/C26H26N6O3S/c1-31(2)19-7-9-32(12-14(19)13-33)26-28-18-6-4-3-5-16(18)22(29-26)21-20(23(34)30-24(21)35)17-11-27-25-15(17)8-10-36-25/h3-6,8,10-11,14,19,27,33H,7,9,12-13H2,1-2H3,(H,30,34,35)/t14-,19+/m0/s1. The van der Waals surface area contributed by atoms with E-state index in [1.165, 1.54) is 0 Å². The van der Waals surface area contributed by atoms with Crippen molar-refractivity contribution in [3.8, 4) is 0 Å². The Morgan fingerprint density at radius 3 is 2.72 bits per heavy atom.